The third kappa shape index (κ3) is 2.80. The van der Waals surface area contributed by atoms with Crippen molar-refractivity contribution < 1.29 is 4.79 Å². The van der Waals surface area contributed by atoms with E-state index in [-0.39, 0.29) is 11.9 Å². The van der Waals surface area contributed by atoms with Gasteiger partial charge in [0, 0.05) is 31.2 Å². The fourth-order valence-electron chi connectivity index (χ4n) is 2.99. The molecule has 2 aliphatic rings. The molecule has 0 aliphatic carbocycles. The first-order chi connectivity index (χ1) is 8.09. The fraction of sp³-hybridized carbons (Fsp3) is 0.923. The Morgan fingerprint density at radius 2 is 1.71 bits per heavy atom. The molecule has 0 aromatic heterocycles. The van der Waals surface area contributed by atoms with Gasteiger partial charge in [0.1, 0.15) is 0 Å². The molecule has 98 valence electrons. The Kier molecular flexibility index (Phi) is 4.05. The zero-order valence-corrected chi connectivity index (χ0v) is 11.2. The smallest absolute Gasteiger partial charge is 0.241 e. The second kappa shape index (κ2) is 5.36. The van der Waals surface area contributed by atoms with Gasteiger partial charge in [-0.05, 0) is 40.0 Å². The summed E-state index contributed by atoms with van der Waals surface area (Å²) in [5.41, 5.74) is 0. The van der Waals surface area contributed by atoms with Crippen molar-refractivity contribution in [3.63, 3.8) is 0 Å². The molecular formula is C13H25N3O. The van der Waals surface area contributed by atoms with Gasteiger partial charge >= 0.3 is 0 Å². The summed E-state index contributed by atoms with van der Waals surface area (Å²) in [4.78, 5) is 14.6. The zero-order valence-electron chi connectivity index (χ0n) is 11.2. The molecule has 0 aromatic carbocycles. The van der Waals surface area contributed by atoms with E-state index in [0.717, 1.165) is 25.9 Å². The van der Waals surface area contributed by atoms with Gasteiger partial charge in [-0.3, -0.25) is 4.79 Å². The topological polar surface area (TPSA) is 44.4 Å². The van der Waals surface area contributed by atoms with Crippen molar-refractivity contribution in [1.82, 2.24) is 15.5 Å². The Hall–Kier alpha value is -0.610. The summed E-state index contributed by atoms with van der Waals surface area (Å²) in [6.45, 7) is 8.13. The maximum atomic E-state index is 12.5. The van der Waals surface area contributed by atoms with E-state index < -0.39 is 0 Å². The number of nitrogens with one attached hydrogen (secondary N) is 2. The van der Waals surface area contributed by atoms with Crippen molar-refractivity contribution in [3.05, 3.63) is 0 Å². The van der Waals surface area contributed by atoms with Gasteiger partial charge in [0.25, 0.3) is 0 Å². The monoisotopic (exact) mass is 239 g/mol. The fourth-order valence-corrected chi connectivity index (χ4v) is 2.99. The molecule has 0 spiro atoms. The Balaban J connectivity index is 1.98. The van der Waals surface area contributed by atoms with E-state index in [4.69, 9.17) is 0 Å². The second-order valence-corrected chi connectivity index (χ2v) is 5.64. The lowest BCUT2D eigenvalue weighted by atomic mass is 9.96. The molecule has 2 heterocycles. The van der Waals surface area contributed by atoms with Crippen LogP contribution >= 0.6 is 0 Å². The van der Waals surface area contributed by atoms with Crippen LogP contribution in [0, 0.1) is 0 Å². The first-order valence-corrected chi connectivity index (χ1v) is 6.88. The number of nitrogens with zero attached hydrogens (tertiary/aromatic N) is 1. The molecule has 1 amide bonds. The van der Waals surface area contributed by atoms with E-state index in [1.54, 1.807) is 0 Å². The van der Waals surface area contributed by atoms with Gasteiger partial charge in [-0.25, -0.2) is 0 Å². The quantitative estimate of drug-likeness (QED) is 0.709. The lowest BCUT2D eigenvalue weighted by Crippen LogP contribution is -2.62. The van der Waals surface area contributed by atoms with Crippen LogP contribution in [0.2, 0.25) is 0 Å². The maximum absolute atomic E-state index is 12.5. The van der Waals surface area contributed by atoms with Crippen LogP contribution in [0.5, 0.6) is 0 Å². The standard InChI is InChI=1S/C13H25N3O/c1-9-7-15-12(8-14-9)13(17)16-10(2)5-4-6-11(16)3/h9-12,14-15H,4-8H2,1-3H3. The van der Waals surface area contributed by atoms with Gasteiger partial charge in [0.15, 0.2) is 0 Å². The third-order valence-corrected chi connectivity index (χ3v) is 4.09. The largest absolute Gasteiger partial charge is 0.336 e. The van der Waals surface area contributed by atoms with Crippen LogP contribution in [0.3, 0.4) is 0 Å². The predicted molar refractivity (Wildman–Crippen MR) is 68.9 cm³/mol. The van der Waals surface area contributed by atoms with Gasteiger partial charge < -0.3 is 15.5 Å². The van der Waals surface area contributed by atoms with Crippen LogP contribution in [-0.4, -0.2) is 48.1 Å². The van der Waals surface area contributed by atoms with Crippen molar-refractivity contribution in [2.75, 3.05) is 13.1 Å². The van der Waals surface area contributed by atoms with Crippen LogP contribution in [-0.2, 0) is 4.79 Å². The van der Waals surface area contributed by atoms with Crippen molar-refractivity contribution in [2.24, 2.45) is 0 Å². The molecule has 4 atom stereocenters. The van der Waals surface area contributed by atoms with Gasteiger partial charge in [-0.1, -0.05) is 0 Å². The molecule has 0 aromatic rings. The predicted octanol–water partition coefficient (Wildman–Crippen LogP) is 0.726. The molecule has 2 fully saturated rings. The molecule has 2 N–H and O–H groups in total. The minimum atomic E-state index is -0.0331. The average molecular weight is 239 g/mol. The minimum absolute atomic E-state index is 0.0331. The summed E-state index contributed by atoms with van der Waals surface area (Å²) in [6.07, 6.45) is 3.54. The number of piperazine rings is 1. The number of piperidine rings is 1. The summed E-state index contributed by atoms with van der Waals surface area (Å²) in [7, 11) is 0. The van der Waals surface area contributed by atoms with Crippen LogP contribution < -0.4 is 10.6 Å². The molecule has 2 rings (SSSR count). The Labute approximate surface area is 104 Å². The summed E-state index contributed by atoms with van der Waals surface area (Å²) >= 11 is 0. The highest BCUT2D eigenvalue weighted by molar-refractivity contribution is 5.83. The molecule has 2 aliphatic heterocycles. The van der Waals surface area contributed by atoms with Crippen molar-refractivity contribution in [3.8, 4) is 0 Å². The summed E-state index contributed by atoms with van der Waals surface area (Å²) in [5.74, 6) is 0.282. The van der Waals surface area contributed by atoms with Gasteiger partial charge in [-0.15, -0.1) is 0 Å². The SMILES string of the molecule is CC1CNC(C(=O)N2C(C)CCCC2C)CN1. The first-order valence-electron chi connectivity index (χ1n) is 6.88. The van der Waals surface area contributed by atoms with Crippen LogP contribution in [0.4, 0.5) is 0 Å². The Bertz CT molecular complexity index is 264. The summed E-state index contributed by atoms with van der Waals surface area (Å²) in [5, 5.41) is 6.73. The van der Waals surface area contributed by atoms with E-state index in [9.17, 15) is 4.79 Å². The molecular weight excluding hydrogens is 214 g/mol. The number of hydrogen-bond donors (Lipinski definition) is 2. The number of likely N-dealkylation sites (tertiary alicyclic amines) is 1. The van der Waals surface area contributed by atoms with Gasteiger partial charge in [-0.2, -0.15) is 0 Å². The van der Waals surface area contributed by atoms with Crippen molar-refractivity contribution in [1.29, 1.82) is 0 Å². The number of carbonyl (C=O) groups is 1. The number of carbonyl (C=O) groups excluding carboxylic acids is 1. The van der Waals surface area contributed by atoms with E-state index in [1.165, 1.54) is 6.42 Å². The zero-order chi connectivity index (χ0) is 12.4. The third-order valence-electron chi connectivity index (χ3n) is 4.09. The highest BCUT2D eigenvalue weighted by atomic mass is 16.2. The van der Waals surface area contributed by atoms with Gasteiger partial charge in [0.2, 0.25) is 5.91 Å². The second-order valence-electron chi connectivity index (χ2n) is 5.64. The minimum Gasteiger partial charge on any atom is -0.336 e. The summed E-state index contributed by atoms with van der Waals surface area (Å²) < 4.78 is 0. The summed E-state index contributed by atoms with van der Waals surface area (Å²) in [6, 6.07) is 1.23. The molecule has 4 nitrogen and oxygen atoms in total. The normalized spacial score (nSPS) is 39.1. The Morgan fingerprint density at radius 3 is 2.24 bits per heavy atom. The molecule has 0 radical (unpaired) electrons. The molecule has 4 unspecified atom stereocenters. The molecule has 0 saturated carbocycles. The number of amides is 1. The first kappa shape index (κ1) is 12.8. The van der Waals surface area contributed by atoms with E-state index in [0.29, 0.717) is 18.1 Å². The van der Waals surface area contributed by atoms with E-state index in [1.807, 2.05) is 0 Å². The van der Waals surface area contributed by atoms with Crippen molar-refractivity contribution >= 4 is 5.91 Å². The van der Waals surface area contributed by atoms with Crippen molar-refractivity contribution in [2.45, 2.75) is 64.2 Å². The van der Waals surface area contributed by atoms with Crippen LogP contribution in [0.25, 0.3) is 0 Å². The molecule has 2 saturated heterocycles. The van der Waals surface area contributed by atoms with Gasteiger partial charge in [0.05, 0.1) is 6.04 Å². The van der Waals surface area contributed by atoms with Crippen LogP contribution in [0.1, 0.15) is 40.0 Å². The molecule has 0 bridgehead atoms. The lowest BCUT2D eigenvalue weighted by Gasteiger charge is -2.42. The number of hydrogen-bond acceptors (Lipinski definition) is 3. The lowest BCUT2D eigenvalue weighted by molar-refractivity contribution is -0.139. The highest BCUT2D eigenvalue weighted by Gasteiger charge is 2.34. The van der Waals surface area contributed by atoms with E-state index in [2.05, 4.69) is 36.3 Å². The highest BCUT2D eigenvalue weighted by Crippen LogP contribution is 2.23. The van der Waals surface area contributed by atoms with E-state index >= 15 is 0 Å². The Morgan fingerprint density at radius 1 is 1.06 bits per heavy atom. The maximum Gasteiger partial charge on any atom is 0.241 e. The van der Waals surface area contributed by atoms with Crippen LogP contribution in [0.15, 0.2) is 0 Å². The average Bonchev–Trinajstić information content (AvgIpc) is 2.29. The number of rotatable bonds is 1. The molecule has 4 heteroatoms. The molecule has 17 heavy (non-hydrogen) atoms.